The molecule has 2 N–H and O–H groups in total. The van der Waals surface area contributed by atoms with Crippen molar-refractivity contribution in [3.05, 3.63) is 53.6 Å². The van der Waals surface area contributed by atoms with Gasteiger partial charge < -0.3 is 5.32 Å². The van der Waals surface area contributed by atoms with Crippen LogP contribution in [0.5, 0.6) is 0 Å². The smallest absolute Gasteiger partial charge is 0.126 e. The minimum atomic E-state index is 0.588. The van der Waals surface area contributed by atoms with Crippen molar-refractivity contribution in [2.75, 3.05) is 11.9 Å². The van der Waals surface area contributed by atoms with Gasteiger partial charge in [0.15, 0.2) is 0 Å². The van der Waals surface area contributed by atoms with Gasteiger partial charge in [-0.05, 0) is 30.2 Å². The highest BCUT2D eigenvalue weighted by Gasteiger charge is 2.19. The Labute approximate surface area is 141 Å². The van der Waals surface area contributed by atoms with E-state index in [0.29, 0.717) is 4.99 Å². The highest BCUT2D eigenvalue weighted by Crippen LogP contribution is 2.25. The number of hydrazone groups is 1. The number of nitrogens with one attached hydrogen (secondary N) is 2. The van der Waals surface area contributed by atoms with Crippen LogP contribution in [0, 0.1) is 0 Å². The Morgan fingerprint density at radius 3 is 2.91 bits per heavy atom. The van der Waals surface area contributed by atoms with Crippen molar-refractivity contribution >= 4 is 28.6 Å². The number of hydrogen-bond donors (Lipinski definition) is 2. The van der Waals surface area contributed by atoms with Crippen LogP contribution in [0.4, 0.5) is 5.69 Å². The SMILES string of the molecule is CCCc1ccnc2c1NCC/C2=N/NC(=S)c1ccncc1. The third kappa shape index (κ3) is 3.53. The van der Waals surface area contributed by atoms with Gasteiger partial charge in [0.2, 0.25) is 0 Å². The summed E-state index contributed by atoms with van der Waals surface area (Å²) in [6.07, 6.45) is 8.25. The summed E-state index contributed by atoms with van der Waals surface area (Å²) in [7, 11) is 0. The average Bonchev–Trinajstić information content (AvgIpc) is 2.61. The number of nitrogens with zero attached hydrogens (tertiary/aromatic N) is 3. The molecule has 2 aromatic heterocycles. The molecule has 0 spiro atoms. The minimum Gasteiger partial charge on any atom is -0.383 e. The van der Waals surface area contributed by atoms with Crippen molar-refractivity contribution in [3.63, 3.8) is 0 Å². The van der Waals surface area contributed by atoms with Gasteiger partial charge in [-0.1, -0.05) is 25.6 Å². The molecule has 0 radical (unpaired) electrons. The summed E-state index contributed by atoms with van der Waals surface area (Å²) in [4.78, 5) is 9.09. The first-order valence-corrected chi connectivity index (χ1v) is 8.19. The number of anilines is 1. The topological polar surface area (TPSA) is 62.2 Å². The first-order chi connectivity index (χ1) is 11.3. The third-order valence-corrected chi connectivity index (χ3v) is 4.06. The highest BCUT2D eigenvalue weighted by molar-refractivity contribution is 7.80. The van der Waals surface area contributed by atoms with E-state index in [9.17, 15) is 0 Å². The summed E-state index contributed by atoms with van der Waals surface area (Å²) in [6, 6.07) is 5.81. The monoisotopic (exact) mass is 325 g/mol. The van der Waals surface area contributed by atoms with Crippen LogP contribution in [0.1, 0.15) is 36.6 Å². The molecule has 3 rings (SSSR count). The van der Waals surface area contributed by atoms with E-state index in [-0.39, 0.29) is 0 Å². The fourth-order valence-electron chi connectivity index (χ4n) is 2.61. The summed E-state index contributed by atoms with van der Waals surface area (Å²) in [5.41, 5.74) is 8.15. The molecule has 23 heavy (non-hydrogen) atoms. The summed E-state index contributed by atoms with van der Waals surface area (Å²) in [6.45, 7) is 3.04. The number of fused-ring (bicyclic) bond motifs is 1. The number of hydrogen-bond acceptors (Lipinski definition) is 5. The Kier molecular flexibility index (Phi) is 4.92. The van der Waals surface area contributed by atoms with Crippen LogP contribution in [-0.2, 0) is 6.42 Å². The fourth-order valence-corrected chi connectivity index (χ4v) is 2.80. The number of pyridine rings is 2. The van der Waals surface area contributed by atoms with E-state index in [4.69, 9.17) is 12.2 Å². The maximum atomic E-state index is 5.37. The molecule has 0 aliphatic carbocycles. The molecular weight excluding hydrogens is 306 g/mol. The van der Waals surface area contributed by atoms with E-state index in [1.54, 1.807) is 12.4 Å². The molecule has 0 fully saturated rings. The quantitative estimate of drug-likeness (QED) is 0.668. The Hall–Kier alpha value is -2.34. The maximum absolute atomic E-state index is 5.37. The lowest BCUT2D eigenvalue weighted by atomic mass is 10.0. The third-order valence-electron chi connectivity index (χ3n) is 3.73. The predicted octanol–water partition coefficient (Wildman–Crippen LogP) is 2.91. The van der Waals surface area contributed by atoms with E-state index < -0.39 is 0 Å². The van der Waals surface area contributed by atoms with Crippen LogP contribution < -0.4 is 10.7 Å². The molecule has 0 amide bonds. The van der Waals surface area contributed by atoms with E-state index in [2.05, 4.69) is 38.8 Å². The van der Waals surface area contributed by atoms with Gasteiger partial charge in [-0.25, -0.2) is 0 Å². The normalized spacial score (nSPS) is 14.9. The molecular formula is C17H19N5S. The largest absolute Gasteiger partial charge is 0.383 e. The summed E-state index contributed by atoms with van der Waals surface area (Å²) >= 11 is 5.37. The molecule has 1 aliphatic heterocycles. The molecule has 2 aromatic rings. The molecule has 118 valence electrons. The minimum absolute atomic E-state index is 0.588. The molecule has 6 heteroatoms. The predicted molar refractivity (Wildman–Crippen MR) is 96.9 cm³/mol. The van der Waals surface area contributed by atoms with Crippen molar-refractivity contribution in [2.45, 2.75) is 26.2 Å². The van der Waals surface area contributed by atoms with Crippen molar-refractivity contribution in [3.8, 4) is 0 Å². The Morgan fingerprint density at radius 1 is 1.30 bits per heavy atom. The van der Waals surface area contributed by atoms with Gasteiger partial charge in [0.05, 0.1) is 11.4 Å². The summed E-state index contributed by atoms with van der Waals surface area (Å²) < 4.78 is 0. The summed E-state index contributed by atoms with van der Waals surface area (Å²) in [5, 5.41) is 7.96. The second kappa shape index (κ2) is 7.28. The lowest BCUT2D eigenvalue weighted by molar-refractivity contribution is 0.905. The number of rotatable bonds is 4. The lowest BCUT2D eigenvalue weighted by Gasteiger charge is -2.21. The van der Waals surface area contributed by atoms with E-state index in [0.717, 1.165) is 48.5 Å². The van der Waals surface area contributed by atoms with E-state index >= 15 is 0 Å². The molecule has 0 saturated heterocycles. The zero-order valence-electron chi connectivity index (χ0n) is 13.0. The molecule has 1 aliphatic rings. The Morgan fingerprint density at radius 2 is 2.13 bits per heavy atom. The Balaban J connectivity index is 1.83. The second-order valence-corrected chi connectivity index (χ2v) is 5.76. The van der Waals surface area contributed by atoms with Gasteiger partial charge in [0.25, 0.3) is 0 Å². The standard InChI is InChI=1S/C17H19N5S/c1-2-3-12-6-10-20-16-14(7-11-19-15(12)16)21-22-17(23)13-4-8-18-9-5-13/h4-6,8-10,19H,2-3,7,11H2,1H3,(H,22,23)/b21-14-. The second-order valence-electron chi connectivity index (χ2n) is 5.36. The molecule has 0 unspecified atom stereocenters. The van der Waals surface area contributed by atoms with E-state index in [1.165, 1.54) is 5.56 Å². The first kappa shape index (κ1) is 15.6. The van der Waals surface area contributed by atoms with Crippen LogP contribution in [0.2, 0.25) is 0 Å². The van der Waals surface area contributed by atoms with Gasteiger partial charge in [-0.2, -0.15) is 5.10 Å². The van der Waals surface area contributed by atoms with Crippen molar-refractivity contribution in [1.29, 1.82) is 0 Å². The van der Waals surface area contributed by atoms with Gasteiger partial charge in [0, 0.05) is 37.1 Å². The average molecular weight is 325 g/mol. The molecule has 0 atom stereocenters. The fraction of sp³-hybridized carbons (Fsp3) is 0.294. The van der Waals surface area contributed by atoms with Crippen LogP contribution in [-0.4, -0.2) is 27.2 Å². The van der Waals surface area contributed by atoms with Crippen molar-refractivity contribution in [2.24, 2.45) is 5.10 Å². The van der Waals surface area contributed by atoms with E-state index in [1.807, 2.05) is 18.3 Å². The Bertz CT molecular complexity index is 727. The molecule has 5 nitrogen and oxygen atoms in total. The van der Waals surface area contributed by atoms with Gasteiger partial charge >= 0.3 is 0 Å². The van der Waals surface area contributed by atoms with Crippen LogP contribution in [0.25, 0.3) is 0 Å². The highest BCUT2D eigenvalue weighted by atomic mass is 32.1. The molecule has 0 aromatic carbocycles. The summed E-state index contributed by atoms with van der Waals surface area (Å²) in [5.74, 6) is 0. The lowest BCUT2D eigenvalue weighted by Crippen LogP contribution is -2.25. The molecule has 0 bridgehead atoms. The van der Waals surface area contributed by atoms with Crippen molar-refractivity contribution in [1.82, 2.24) is 15.4 Å². The first-order valence-electron chi connectivity index (χ1n) is 7.78. The van der Waals surface area contributed by atoms with Crippen LogP contribution >= 0.6 is 12.2 Å². The maximum Gasteiger partial charge on any atom is 0.126 e. The number of aryl methyl sites for hydroxylation is 1. The van der Waals surface area contributed by atoms with Crippen LogP contribution in [0.15, 0.2) is 41.9 Å². The van der Waals surface area contributed by atoms with Crippen LogP contribution in [0.3, 0.4) is 0 Å². The number of aromatic nitrogens is 2. The van der Waals surface area contributed by atoms with Gasteiger partial charge in [-0.3, -0.25) is 15.4 Å². The zero-order chi connectivity index (χ0) is 16.1. The van der Waals surface area contributed by atoms with Gasteiger partial charge in [-0.15, -0.1) is 0 Å². The number of thiocarbonyl (C=S) groups is 1. The molecule has 3 heterocycles. The zero-order valence-corrected chi connectivity index (χ0v) is 13.9. The van der Waals surface area contributed by atoms with Crippen molar-refractivity contribution < 1.29 is 0 Å². The van der Waals surface area contributed by atoms with Gasteiger partial charge in [0.1, 0.15) is 10.7 Å². The molecule has 0 saturated carbocycles.